The number of hydrogen-bond acceptors (Lipinski definition) is 5. The Morgan fingerprint density at radius 1 is 1.16 bits per heavy atom. The van der Waals surface area contributed by atoms with Crippen LogP contribution in [0.25, 0.3) is 0 Å². The monoisotopic (exact) mass is 433 g/mol. The number of ether oxygens (including phenoxy) is 1. The van der Waals surface area contributed by atoms with Crippen LogP contribution in [0.1, 0.15) is 36.0 Å². The van der Waals surface area contributed by atoms with Gasteiger partial charge in [-0.15, -0.1) is 0 Å². The first-order valence-electron chi connectivity index (χ1n) is 9.62. The lowest BCUT2D eigenvalue weighted by molar-refractivity contribution is -0.135. The molecule has 7 nitrogen and oxygen atoms in total. The van der Waals surface area contributed by atoms with Gasteiger partial charge in [-0.2, -0.15) is 0 Å². The van der Waals surface area contributed by atoms with Crippen LogP contribution in [0.4, 0.5) is 18.0 Å². The van der Waals surface area contributed by atoms with Crippen molar-refractivity contribution in [1.82, 2.24) is 15.2 Å². The number of ketones is 1. The summed E-state index contributed by atoms with van der Waals surface area (Å²) in [6, 6.07) is 5.89. The number of pyridine rings is 1. The Morgan fingerprint density at radius 3 is 2.55 bits per heavy atom. The smallest absolute Gasteiger partial charge is 0.325 e. The third-order valence-corrected chi connectivity index (χ3v) is 5.50. The van der Waals surface area contributed by atoms with Crippen molar-refractivity contribution in [1.29, 1.82) is 0 Å². The predicted molar refractivity (Wildman–Crippen MR) is 101 cm³/mol. The number of rotatable bonds is 5. The molecule has 2 heterocycles. The first-order valence-corrected chi connectivity index (χ1v) is 9.62. The van der Waals surface area contributed by atoms with Crippen LogP contribution in [0.2, 0.25) is 0 Å². The van der Waals surface area contributed by atoms with Crippen LogP contribution in [0.3, 0.4) is 0 Å². The number of nitrogens with zero attached hydrogens (tertiary/aromatic N) is 2. The maximum Gasteiger partial charge on any atom is 0.325 e. The number of benzene rings is 1. The zero-order valence-electron chi connectivity index (χ0n) is 16.2. The van der Waals surface area contributed by atoms with Gasteiger partial charge in [-0.25, -0.2) is 18.0 Å². The average molecular weight is 433 g/mol. The summed E-state index contributed by atoms with van der Waals surface area (Å²) in [6.07, 6.45) is 1.47. The summed E-state index contributed by atoms with van der Waals surface area (Å²) in [5.74, 6) is -4.88. The molecule has 3 amide bonds. The zero-order chi connectivity index (χ0) is 22.2. The van der Waals surface area contributed by atoms with Gasteiger partial charge in [0, 0.05) is 24.6 Å². The number of halogens is 3. The number of aromatic nitrogens is 1. The summed E-state index contributed by atoms with van der Waals surface area (Å²) < 4.78 is 46.7. The molecule has 31 heavy (non-hydrogen) atoms. The molecular weight excluding hydrogens is 415 g/mol. The number of carbonyl (C=O) groups excluding carboxylic acids is 3. The minimum Gasteiger partial charge on any atom is -0.453 e. The number of alkyl halides is 2. The highest BCUT2D eigenvalue weighted by Crippen LogP contribution is 2.41. The molecule has 1 saturated heterocycles. The lowest BCUT2D eigenvalue weighted by Gasteiger charge is -2.34. The molecule has 2 fully saturated rings. The van der Waals surface area contributed by atoms with E-state index < -0.39 is 54.4 Å². The number of urea groups is 1. The van der Waals surface area contributed by atoms with E-state index in [1.54, 1.807) is 12.1 Å². The van der Waals surface area contributed by atoms with E-state index in [2.05, 4.69) is 10.3 Å². The molecule has 1 N–H and O–H groups in total. The molecule has 1 spiro atoms. The molecule has 162 valence electrons. The molecule has 1 aliphatic carbocycles. The summed E-state index contributed by atoms with van der Waals surface area (Å²) in [5.41, 5.74) is -1.47. The maximum atomic E-state index is 14.4. The molecule has 0 atom stereocenters. The van der Waals surface area contributed by atoms with E-state index in [9.17, 15) is 27.6 Å². The fourth-order valence-electron chi connectivity index (χ4n) is 3.73. The Hall–Kier alpha value is -3.43. The van der Waals surface area contributed by atoms with E-state index in [1.165, 1.54) is 24.5 Å². The van der Waals surface area contributed by atoms with Crippen LogP contribution in [0.5, 0.6) is 11.5 Å². The highest BCUT2D eigenvalue weighted by Gasteiger charge is 2.55. The van der Waals surface area contributed by atoms with E-state index in [0.717, 1.165) is 6.07 Å². The van der Waals surface area contributed by atoms with Crippen LogP contribution in [-0.4, -0.2) is 45.6 Å². The van der Waals surface area contributed by atoms with Crippen molar-refractivity contribution in [3.8, 4) is 11.5 Å². The largest absolute Gasteiger partial charge is 0.453 e. The van der Waals surface area contributed by atoms with Crippen LogP contribution < -0.4 is 10.1 Å². The molecule has 1 saturated carbocycles. The van der Waals surface area contributed by atoms with Crippen LogP contribution in [0, 0.1) is 5.82 Å². The predicted octanol–water partition coefficient (Wildman–Crippen LogP) is 3.70. The molecule has 1 aromatic heterocycles. The molecular formula is C21H18F3N3O4. The fourth-order valence-corrected chi connectivity index (χ4v) is 3.73. The van der Waals surface area contributed by atoms with Gasteiger partial charge in [0.05, 0.1) is 12.7 Å². The number of nitrogens with one attached hydrogen (secondary N) is 1. The van der Waals surface area contributed by atoms with Gasteiger partial charge < -0.3 is 10.1 Å². The van der Waals surface area contributed by atoms with Gasteiger partial charge in [-0.05, 0) is 43.2 Å². The standard InChI is InChI=1S/C21H18F3N3O4/c22-15-10-13(3-4-17(15)31-14-2-1-9-25-11-14)16(28)12-27-18(29)20(26-19(27)30)5-7-21(23,24)8-6-20/h1-4,9-11H,5-8,12H2,(H,26,30). The lowest BCUT2D eigenvalue weighted by Crippen LogP contribution is -2.51. The van der Waals surface area contributed by atoms with Crippen molar-refractivity contribution in [3.05, 3.63) is 54.1 Å². The molecule has 10 heteroatoms. The van der Waals surface area contributed by atoms with E-state index >= 15 is 0 Å². The second-order valence-corrected chi connectivity index (χ2v) is 7.62. The van der Waals surface area contributed by atoms with Crippen molar-refractivity contribution in [2.45, 2.75) is 37.1 Å². The lowest BCUT2D eigenvalue weighted by atomic mass is 9.80. The van der Waals surface area contributed by atoms with Crippen molar-refractivity contribution in [2.75, 3.05) is 6.54 Å². The van der Waals surface area contributed by atoms with E-state index in [1.807, 2.05) is 0 Å². The number of amides is 3. The summed E-state index contributed by atoms with van der Waals surface area (Å²) in [6.45, 7) is -0.620. The number of imide groups is 1. The topological polar surface area (TPSA) is 88.6 Å². The zero-order valence-corrected chi connectivity index (χ0v) is 16.2. The van der Waals surface area contributed by atoms with Gasteiger partial charge >= 0.3 is 6.03 Å². The highest BCUT2D eigenvalue weighted by atomic mass is 19.3. The molecule has 0 bridgehead atoms. The average Bonchev–Trinajstić information content (AvgIpc) is 2.97. The minimum absolute atomic E-state index is 0.0623. The minimum atomic E-state index is -2.88. The van der Waals surface area contributed by atoms with Crippen LogP contribution >= 0.6 is 0 Å². The highest BCUT2D eigenvalue weighted by molar-refractivity contribution is 6.11. The van der Waals surface area contributed by atoms with Gasteiger partial charge in [0.15, 0.2) is 17.3 Å². The quantitative estimate of drug-likeness (QED) is 0.574. The Labute approximate surface area is 175 Å². The number of hydrogen-bond donors (Lipinski definition) is 1. The third kappa shape index (κ3) is 4.10. The van der Waals surface area contributed by atoms with Crippen molar-refractivity contribution in [3.63, 3.8) is 0 Å². The molecule has 0 unspecified atom stereocenters. The van der Waals surface area contributed by atoms with Crippen molar-refractivity contribution in [2.24, 2.45) is 0 Å². The molecule has 1 aromatic carbocycles. The van der Waals surface area contributed by atoms with E-state index in [-0.39, 0.29) is 24.2 Å². The van der Waals surface area contributed by atoms with Gasteiger partial charge in [0.25, 0.3) is 5.91 Å². The number of Topliss-reactive ketones (excluding diaryl/α,β-unsaturated/α-hetero) is 1. The summed E-state index contributed by atoms with van der Waals surface area (Å²) >= 11 is 0. The van der Waals surface area contributed by atoms with Gasteiger partial charge in [0.1, 0.15) is 11.3 Å². The first-order chi connectivity index (χ1) is 14.7. The van der Waals surface area contributed by atoms with Gasteiger partial charge in [0.2, 0.25) is 5.92 Å². The summed E-state index contributed by atoms with van der Waals surface area (Å²) in [5, 5.41) is 2.46. The molecule has 2 aliphatic rings. The Morgan fingerprint density at radius 2 is 1.90 bits per heavy atom. The maximum absolute atomic E-state index is 14.4. The second-order valence-electron chi connectivity index (χ2n) is 7.62. The van der Waals surface area contributed by atoms with Crippen LogP contribution in [0.15, 0.2) is 42.7 Å². The Balaban J connectivity index is 1.45. The van der Waals surface area contributed by atoms with E-state index in [0.29, 0.717) is 10.6 Å². The summed E-state index contributed by atoms with van der Waals surface area (Å²) in [4.78, 5) is 42.1. The number of carbonyl (C=O) groups is 3. The Bertz CT molecular complexity index is 1040. The normalized spacial score (nSPS) is 19.4. The second kappa shape index (κ2) is 7.68. The molecule has 0 radical (unpaired) electrons. The van der Waals surface area contributed by atoms with Crippen molar-refractivity contribution < 1.29 is 32.3 Å². The van der Waals surface area contributed by atoms with Crippen LogP contribution in [-0.2, 0) is 4.79 Å². The fraction of sp³-hybridized carbons (Fsp3) is 0.333. The van der Waals surface area contributed by atoms with Gasteiger partial charge in [-0.1, -0.05) is 0 Å². The first kappa shape index (κ1) is 20.8. The SMILES string of the molecule is O=C(CN1C(=O)NC2(CCC(F)(F)CC2)C1=O)c1ccc(Oc2cccnc2)c(F)c1. The van der Waals surface area contributed by atoms with E-state index in [4.69, 9.17) is 4.74 Å². The molecule has 4 rings (SSSR count). The third-order valence-electron chi connectivity index (χ3n) is 5.50. The van der Waals surface area contributed by atoms with Gasteiger partial charge in [-0.3, -0.25) is 19.5 Å². The molecule has 2 aromatic rings. The molecule has 1 aliphatic heterocycles. The summed E-state index contributed by atoms with van der Waals surface area (Å²) in [7, 11) is 0. The van der Waals surface area contributed by atoms with Crippen molar-refractivity contribution >= 4 is 17.7 Å². The Kier molecular flexibility index (Phi) is 5.16.